The van der Waals surface area contributed by atoms with E-state index in [0.717, 1.165) is 17.7 Å². The highest BCUT2D eigenvalue weighted by Gasteiger charge is 2.72. The molecule has 1 saturated carbocycles. The molecule has 1 saturated heterocycles. The number of carbonyl (C=O) groups is 4. The number of hydrogen-bond donors (Lipinski definition) is 5. The van der Waals surface area contributed by atoms with Gasteiger partial charge in [-0.05, 0) is 63.7 Å². The van der Waals surface area contributed by atoms with Gasteiger partial charge in [-0.15, -0.1) is 0 Å². The molecule has 5 atom stereocenters. The number of guanidine groups is 1. The van der Waals surface area contributed by atoms with Gasteiger partial charge in [-0.3, -0.25) is 19.4 Å². The second-order valence-corrected chi connectivity index (χ2v) is 12.4. The minimum absolute atomic E-state index is 0.0433. The third-order valence-electron chi connectivity index (χ3n) is 9.79. The van der Waals surface area contributed by atoms with Gasteiger partial charge in [-0.25, -0.2) is 4.79 Å². The molecule has 2 bridgehead atoms. The highest BCUT2D eigenvalue weighted by molar-refractivity contribution is 5.91. The summed E-state index contributed by atoms with van der Waals surface area (Å²) in [6.07, 6.45) is 1.61. The molecule has 240 valence electrons. The summed E-state index contributed by atoms with van der Waals surface area (Å²) in [5, 5.41) is 14.8. The number of nitrogens with zero attached hydrogens (tertiary/aromatic N) is 3. The van der Waals surface area contributed by atoms with Crippen LogP contribution in [0.15, 0.2) is 17.1 Å². The van der Waals surface area contributed by atoms with Crippen molar-refractivity contribution in [2.45, 2.75) is 80.6 Å². The molecule has 1 aromatic carbocycles. The van der Waals surface area contributed by atoms with E-state index in [-0.39, 0.29) is 55.2 Å². The van der Waals surface area contributed by atoms with Crippen LogP contribution in [0.25, 0.3) is 0 Å². The van der Waals surface area contributed by atoms with Crippen molar-refractivity contribution in [2.24, 2.45) is 22.2 Å². The normalized spacial score (nSPS) is 27.0. The van der Waals surface area contributed by atoms with E-state index in [4.69, 9.17) is 26.7 Å². The van der Waals surface area contributed by atoms with E-state index in [0.29, 0.717) is 50.8 Å². The number of aliphatic imine (C=N–C) groups is 1. The Hall–Kier alpha value is -3.75. The average Bonchev–Trinajstić information content (AvgIpc) is 3.35. The predicted molar refractivity (Wildman–Crippen MR) is 160 cm³/mol. The molecule has 2 amide bonds. The number of likely N-dealkylation sites (tertiary alicyclic amines) is 1. The van der Waals surface area contributed by atoms with Crippen LogP contribution >= 0.6 is 0 Å². The molecule has 14 nitrogen and oxygen atoms in total. The molecule has 2 aliphatic carbocycles. The summed E-state index contributed by atoms with van der Waals surface area (Å²) < 4.78 is 12.1. The standard InChI is InChI=1S/C30H43N7O7/c1-36-14-11-29-24-17-7-8-21(25(24)44-26(29)20(39)9-10-30(29,42)22(36)15-17)43-28(41)37(2)13-4-6-19(38)18(35-23(40)16-31)5-3-12-34-27(32)33/h7-8,18,22,26,42H,3-6,9-16,31H2,1-2H3,(H,35,40)(H4,32,33,34)/t18-,22+,26-,29-,30+/m0/s1. The molecule has 0 aromatic heterocycles. The molecular formula is C30H43N7O7. The van der Waals surface area contributed by atoms with Crippen LogP contribution in [0.1, 0.15) is 56.1 Å². The molecule has 5 rings (SSSR count). The van der Waals surface area contributed by atoms with Gasteiger partial charge < -0.3 is 46.9 Å². The molecule has 8 N–H and O–H groups in total. The van der Waals surface area contributed by atoms with Gasteiger partial charge >= 0.3 is 6.09 Å². The fraction of sp³-hybridized carbons (Fsp3) is 0.633. The van der Waals surface area contributed by atoms with E-state index in [1.165, 1.54) is 4.90 Å². The molecule has 1 aromatic rings. The van der Waals surface area contributed by atoms with Crippen molar-refractivity contribution in [3.05, 3.63) is 23.3 Å². The lowest BCUT2D eigenvalue weighted by atomic mass is 9.49. The Labute approximate surface area is 256 Å². The van der Waals surface area contributed by atoms with Crippen molar-refractivity contribution in [3.8, 4) is 11.5 Å². The summed E-state index contributed by atoms with van der Waals surface area (Å²) in [5.74, 6) is -0.156. The summed E-state index contributed by atoms with van der Waals surface area (Å²) in [5.41, 5.74) is 15.9. The lowest BCUT2D eigenvalue weighted by Gasteiger charge is -2.62. The maximum absolute atomic E-state index is 13.1. The van der Waals surface area contributed by atoms with Crippen molar-refractivity contribution in [1.82, 2.24) is 15.1 Å². The van der Waals surface area contributed by atoms with Gasteiger partial charge in [-0.2, -0.15) is 0 Å². The Morgan fingerprint density at radius 3 is 2.77 bits per heavy atom. The van der Waals surface area contributed by atoms with E-state index in [2.05, 4.69) is 15.2 Å². The zero-order valence-corrected chi connectivity index (χ0v) is 25.3. The Bertz CT molecular complexity index is 1370. The molecule has 2 aliphatic heterocycles. The van der Waals surface area contributed by atoms with Gasteiger partial charge in [0.25, 0.3) is 0 Å². The highest BCUT2D eigenvalue weighted by atomic mass is 16.6. The molecule has 44 heavy (non-hydrogen) atoms. The van der Waals surface area contributed by atoms with Crippen LogP contribution in [0.3, 0.4) is 0 Å². The maximum Gasteiger partial charge on any atom is 0.415 e. The number of likely N-dealkylation sites (N-methyl/N-ethyl adjacent to an activating group) is 1. The van der Waals surface area contributed by atoms with Crippen molar-refractivity contribution < 1.29 is 33.8 Å². The van der Waals surface area contributed by atoms with E-state index in [1.807, 2.05) is 13.1 Å². The van der Waals surface area contributed by atoms with Crippen LogP contribution < -0.4 is 32.0 Å². The number of aliphatic hydroxyl groups is 1. The Kier molecular flexibility index (Phi) is 8.87. The summed E-state index contributed by atoms with van der Waals surface area (Å²) in [7, 11) is 3.57. The van der Waals surface area contributed by atoms with E-state index in [9.17, 15) is 24.3 Å². The van der Waals surface area contributed by atoms with Gasteiger partial charge in [0, 0.05) is 44.6 Å². The fourth-order valence-electron chi connectivity index (χ4n) is 7.60. The van der Waals surface area contributed by atoms with Gasteiger partial charge in [-0.1, -0.05) is 6.07 Å². The molecule has 14 heteroatoms. The monoisotopic (exact) mass is 613 g/mol. The van der Waals surface area contributed by atoms with Crippen LogP contribution in [0.4, 0.5) is 4.79 Å². The Morgan fingerprint density at radius 1 is 1.27 bits per heavy atom. The average molecular weight is 614 g/mol. The van der Waals surface area contributed by atoms with Crippen LogP contribution in [-0.2, 0) is 26.2 Å². The number of amides is 2. The molecule has 2 heterocycles. The minimum atomic E-state index is -1.12. The maximum atomic E-state index is 13.1. The first-order valence-electron chi connectivity index (χ1n) is 15.2. The number of nitrogens with two attached hydrogens (primary N) is 3. The molecule has 0 unspecified atom stereocenters. The smallest absolute Gasteiger partial charge is 0.415 e. The number of Topliss-reactive ketones (excluding diaryl/α,β-unsaturated/α-hetero) is 2. The molecule has 4 aliphatic rings. The fourth-order valence-corrected chi connectivity index (χ4v) is 7.60. The summed E-state index contributed by atoms with van der Waals surface area (Å²) in [6, 6.07) is 2.73. The van der Waals surface area contributed by atoms with Crippen molar-refractivity contribution in [2.75, 3.05) is 40.3 Å². The molecule has 2 fully saturated rings. The molecule has 1 spiro atoms. The number of nitrogens with one attached hydrogen (secondary N) is 1. The van der Waals surface area contributed by atoms with Crippen molar-refractivity contribution in [1.29, 1.82) is 0 Å². The number of rotatable bonds is 12. The van der Waals surface area contributed by atoms with Crippen molar-refractivity contribution in [3.63, 3.8) is 0 Å². The summed E-state index contributed by atoms with van der Waals surface area (Å²) in [6.45, 7) is 1.02. The van der Waals surface area contributed by atoms with E-state index < -0.39 is 35.2 Å². The number of hydrogen-bond acceptors (Lipinski definition) is 10. The Morgan fingerprint density at radius 2 is 2.05 bits per heavy atom. The molecular weight excluding hydrogens is 570 g/mol. The second kappa shape index (κ2) is 12.3. The predicted octanol–water partition coefficient (Wildman–Crippen LogP) is -0.683. The first-order chi connectivity index (χ1) is 20.9. The molecule has 0 radical (unpaired) electrons. The Balaban J connectivity index is 1.24. The van der Waals surface area contributed by atoms with Gasteiger partial charge in [0.05, 0.1) is 23.6 Å². The quantitative estimate of drug-likeness (QED) is 0.113. The first kappa shape index (κ1) is 31.7. The zero-order chi connectivity index (χ0) is 31.8. The van der Waals surface area contributed by atoms with Crippen LogP contribution in [0, 0.1) is 0 Å². The second-order valence-electron chi connectivity index (χ2n) is 12.4. The minimum Gasteiger partial charge on any atom is -0.477 e. The largest absolute Gasteiger partial charge is 0.477 e. The van der Waals surface area contributed by atoms with Gasteiger partial charge in [0.1, 0.15) is 0 Å². The zero-order valence-electron chi connectivity index (χ0n) is 25.3. The number of carbonyl (C=O) groups excluding carboxylic acids is 4. The SMILES string of the molecule is CN(CCCC(=O)[C@H](CCCN=C(N)N)NC(=O)CN)C(=O)Oc1ccc2c3c1O[C@H]1C(=O)CC[C@@]4(O)[C@@H](C2)N(C)CC[C@]314. The number of ketones is 2. The summed E-state index contributed by atoms with van der Waals surface area (Å²) in [4.78, 5) is 58.5. The third-order valence-corrected chi connectivity index (χ3v) is 9.79. The van der Waals surface area contributed by atoms with Crippen LogP contribution in [0.5, 0.6) is 11.5 Å². The third kappa shape index (κ3) is 5.39. The van der Waals surface area contributed by atoms with Crippen molar-refractivity contribution >= 4 is 29.5 Å². The lowest BCUT2D eigenvalue weighted by molar-refractivity contribution is -0.185. The van der Waals surface area contributed by atoms with Gasteiger partial charge in [0.2, 0.25) is 5.91 Å². The number of benzene rings is 1. The highest BCUT2D eigenvalue weighted by Crippen LogP contribution is 2.64. The van der Waals surface area contributed by atoms with Gasteiger partial charge in [0.15, 0.2) is 35.1 Å². The number of piperidine rings is 1. The van der Waals surface area contributed by atoms with Crippen LogP contribution in [0.2, 0.25) is 0 Å². The lowest BCUT2D eigenvalue weighted by Crippen LogP contribution is -2.76. The topological polar surface area (TPSA) is 216 Å². The van der Waals surface area contributed by atoms with Crippen LogP contribution in [-0.4, -0.2) is 108 Å². The van der Waals surface area contributed by atoms with E-state index in [1.54, 1.807) is 13.1 Å². The summed E-state index contributed by atoms with van der Waals surface area (Å²) >= 11 is 0. The van der Waals surface area contributed by atoms with E-state index >= 15 is 0 Å². The number of ether oxygens (including phenoxy) is 2. The first-order valence-corrected chi connectivity index (χ1v) is 15.2.